The van der Waals surface area contributed by atoms with Gasteiger partial charge in [0.25, 0.3) is 0 Å². The van der Waals surface area contributed by atoms with Gasteiger partial charge in [0.15, 0.2) is 11.6 Å². The van der Waals surface area contributed by atoms with E-state index in [1.807, 2.05) is 0 Å². The molecule has 0 radical (unpaired) electrons. The highest BCUT2D eigenvalue weighted by atomic mass is 79.9. The normalized spacial score (nSPS) is 15.0. The van der Waals surface area contributed by atoms with Crippen LogP contribution in [0.4, 0.5) is 8.78 Å². The molecule has 0 fully saturated rings. The Morgan fingerprint density at radius 1 is 1.20 bits per heavy atom. The first-order valence-corrected chi connectivity index (χ1v) is 5.98. The molecule has 0 aliphatic rings. The van der Waals surface area contributed by atoms with E-state index in [1.54, 1.807) is 6.07 Å². The minimum atomic E-state index is -0.778. The Bertz CT molecular complexity index is 323. The molecule has 15 heavy (non-hydrogen) atoms. The Labute approximate surface area is 97.8 Å². The molecule has 0 bridgehead atoms. The van der Waals surface area contributed by atoms with Crippen LogP contribution in [0, 0.1) is 17.6 Å². The van der Waals surface area contributed by atoms with E-state index in [-0.39, 0.29) is 0 Å². The number of alkyl halides is 1. The molecule has 0 N–H and O–H groups in total. The van der Waals surface area contributed by atoms with Gasteiger partial charge in [-0.05, 0) is 36.5 Å². The predicted octanol–water partition coefficient (Wildman–Crippen LogP) is 4.32. The number of rotatable bonds is 4. The Morgan fingerprint density at radius 3 is 2.40 bits per heavy atom. The summed E-state index contributed by atoms with van der Waals surface area (Å²) in [5.41, 5.74) is 0.856. The van der Waals surface area contributed by atoms with Gasteiger partial charge in [0.1, 0.15) is 0 Å². The molecule has 1 rings (SSSR count). The van der Waals surface area contributed by atoms with Crippen LogP contribution in [0.25, 0.3) is 0 Å². The van der Waals surface area contributed by atoms with Crippen molar-refractivity contribution in [2.24, 2.45) is 5.92 Å². The maximum absolute atomic E-state index is 12.9. The van der Waals surface area contributed by atoms with Crippen molar-refractivity contribution in [2.45, 2.75) is 31.5 Å². The van der Waals surface area contributed by atoms with Gasteiger partial charge in [0.2, 0.25) is 0 Å². The van der Waals surface area contributed by atoms with Crippen LogP contribution in [-0.2, 0) is 6.42 Å². The maximum Gasteiger partial charge on any atom is 0.159 e. The first kappa shape index (κ1) is 12.6. The standard InChI is InChI=1S/C12H15BrF2/c1-8(5-9(2)13)6-10-3-4-11(14)12(15)7-10/h3-4,7-9H,5-6H2,1-2H3. The van der Waals surface area contributed by atoms with Gasteiger partial charge in [-0.15, -0.1) is 0 Å². The van der Waals surface area contributed by atoms with Crippen molar-refractivity contribution in [3.63, 3.8) is 0 Å². The zero-order valence-electron chi connectivity index (χ0n) is 8.93. The average Bonchev–Trinajstić information content (AvgIpc) is 2.10. The van der Waals surface area contributed by atoms with Gasteiger partial charge in [-0.2, -0.15) is 0 Å². The minimum Gasteiger partial charge on any atom is -0.204 e. The van der Waals surface area contributed by atoms with Crippen molar-refractivity contribution >= 4 is 15.9 Å². The molecule has 0 amide bonds. The van der Waals surface area contributed by atoms with E-state index in [0.29, 0.717) is 10.7 Å². The SMILES string of the molecule is CC(Br)CC(C)Cc1ccc(F)c(F)c1. The summed E-state index contributed by atoms with van der Waals surface area (Å²) < 4.78 is 25.6. The average molecular weight is 277 g/mol. The molecule has 3 heteroatoms. The quantitative estimate of drug-likeness (QED) is 0.719. The second-order valence-corrected chi connectivity index (χ2v) is 5.64. The van der Waals surface area contributed by atoms with Gasteiger partial charge in [-0.1, -0.05) is 35.8 Å². The Morgan fingerprint density at radius 2 is 1.87 bits per heavy atom. The molecule has 2 unspecified atom stereocenters. The fourth-order valence-electron chi connectivity index (χ4n) is 1.71. The lowest BCUT2D eigenvalue weighted by Crippen LogP contribution is -2.05. The Hall–Kier alpha value is -0.440. The van der Waals surface area contributed by atoms with Crippen molar-refractivity contribution in [3.05, 3.63) is 35.4 Å². The summed E-state index contributed by atoms with van der Waals surface area (Å²) in [6.45, 7) is 4.20. The topological polar surface area (TPSA) is 0 Å². The van der Waals surface area contributed by atoms with Crippen LogP contribution in [0.2, 0.25) is 0 Å². The third kappa shape index (κ3) is 4.29. The fourth-order valence-corrected chi connectivity index (χ4v) is 2.34. The van der Waals surface area contributed by atoms with Crippen molar-refractivity contribution in [1.29, 1.82) is 0 Å². The zero-order chi connectivity index (χ0) is 11.4. The van der Waals surface area contributed by atoms with Crippen LogP contribution in [0.3, 0.4) is 0 Å². The highest BCUT2D eigenvalue weighted by molar-refractivity contribution is 9.09. The van der Waals surface area contributed by atoms with E-state index in [9.17, 15) is 8.78 Å². The summed E-state index contributed by atoms with van der Waals surface area (Å²) in [5.74, 6) is -1.07. The minimum absolute atomic E-state index is 0.456. The lowest BCUT2D eigenvalue weighted by molar-refractivity contribution is 0.499. The number of halogens is 3. The molecule has 84 valence electrons. The molecule has 1 aromatic carbocycles. The Kier molecular flexibility index (Phi) is 4.71. The van der Waals surface area contributed by atoms with E-state index in [2.05, 4.69) is 29.8 Å². The summed E-state index contributed by atoms with van der Waals surface area (Å²) in [6.07, 6.45) is 1.81. The van der Waals surface area contributed by atoms with Gasteiger partial charge >= 0.3 is 0 Å². The van der Waals surface area contributed by atoms with Crippen molar-refractivity contribution in [1.82, 2.24) is 0 Å². The summed E-state index contributed by atoms with van der Waals surface area (Å²) in [6, 6.07) is 4.12. The summed E-state index contributed by atoms with van der Waals surface area (Å²) in [5, 5.41) is 0. The number of hydrogen-bond donors (Lipinski definition) is 0. The van der Waals surface area contributed by atoms with Crippen LogP contribution >= 0.6 is 15.9 Å². The molecule has 0 heterocycles. The zero-order valence-corrected chi connectivity index (χ0v) is 10.5. The van der Waals surface area contributed by atoms with E-state index < -0.39 is 11.6 Å². The van der Waals surface area contributed by atoms with Crippen LogP contribution in [0.1, 0.15) is 25.8 Å². The van der Waals surface area contributed by atoms with E-state index in [4.69, 9.17) is 0 Å². The Balaban J connectivity index is 2.60. The van der Waals surface area contributed by atoms with E-state index in [1.165, 1.54) is 12.1 Å². The third-order valence-corrected chi connectivity index (χ3v) is 2.67. The number of hydrogen-bond acceptors (Lipinski definition) is 0. The van der Waals surface area contributed by atoms with Gasteiger partial charge < -0.3 is 0 Å². The van der Waals surface area contributed by atoms with E-state index in [0.717, 1.165) is 18.4 Å². The van der Waals surface area contributed by atoms with Gasteiger partial charge in [0.05, 0.1) is 0 Å². The number of benzene rings is 1. The molecule has 0 nitrogen and oxygen atoms in total. The first-order chi connectivity index (χ1) is 6.99. The second-order valence-electron chi connectivity index (χ2n) is 4.07. The molecule has 2 atom stereocenters. The highest BCUT2D eigenvalue weighted by Gasteiger charge is 2.09. The van der Waals surface area contributed by atoms with Crippen molar-refractivity contribution in [2.75, 3.05) is 0 Å². The van der Waals surface area contributed by atoms with Crippen LogP contribution in [0.5, 0.6) is 0 Å². The molecule has 0 aromatic heterocycles. The fraction of sp³-hybridized carbons (Fsp3) is 0.500. The molecular formula is C12H15BrF2. The second kappa shape index (κ2) is 5.59. The molecular weight excluding hydrogens is 262 g/mol. The maximum atomic E-state index is 12.9. The molecule has 0 saturated heterocycles. The lowest BCUT2D eigenvalue weighted by Gasteiger charge is -2.12. The third-order valence-electron chi connectivity index (χ3n) is 2.30. The summed E-state index contributed by atoms with van der Waals surface area (Å²) in [7, 11) is 0. The lowest BCUT2D eigenvalue weighted by atomic mass is 9.97. The van der Waals surface area contributed by atoms with Gasteiger partial charge in [-0.3, -0.25) is 0 Å². The van der Waals surface area contributed by atoms with Crippen LogP contribution in [-0.4, -0.2) is 4.83 Å². The monoisotopic (exact) mass is 276 g/mol. The predicted molar refractivity (Wildman–Crippen MR) is 62.2 cm³/mol. The first-order valence-electron chi connectivity index (χ1n) is 5.07. The summed E-state index contributed by atoms with van der Waals surface area (Å²) in [4.78, 5) is 0.456. The summed E-state index contributed by atoms with van der Waals surface area (Å²) >= 11 is 3.48. The molecule has 0 saturated carbocycles. The molecule has 1 aromatic rings. The van der Waals surface area contributed by atoms with Crippen molar-refractivity contribution < 1.29 is 8.78 Å². The molecule has 0 spiro atoms. The smallest absolute Gasteiger partial charge is 0.159 e. The molecule has 0 aliphatic heterocycles. The van der Waals surface area contributed by atoms with Gasteiger partial charge in [-0.25, -0.2) is 8.78 Å². The van der Waals surface area contributed by atoms with Crippen LogP contribution in [0.15, 0.2) is 18.2 Å². The largest absolute Gasteiger partial charge is 0.204 e. The van der Waals surface area contributed by atoms with Gasteiger partial charge in [0, 0.05) is 4.83 Å². The van der Waals surface area contributed by atoms with Crippen LogP contribution < -0.4 is 0 Å². The van der Waals surface area contributed by atoms with E-state index >= 15 is 0 Å². The highest BCUT2D eigenvalue weighted by Crippen LogP contribution is 2.18. The molecule has 0 aliphatic carbocycles. The van der Waals surface area contributed by atoms with Crippen molar-refractivity contribution in [3.8, 4) is 0 Å².